The van der Waals surface area contributed by atoms with E-state index in [4.69, 9.17) is 10.00 Å². The molecule has 1 fully saturated rings. The van der Waals surface area contributed by atoms with Crippen LogP contribution in [0.2, 0.25) is 0 Å². The van der Waals surface area contributed by atoms with Crippen molar-refractivity contribution in [2.75, 3.05) is 13.7 Å². The fraction of sp³-hybridized carbons (Fsp3) is 0.800. The number of nitriles is 1. The molecule has 1 saturated carbocycles. The minimum Gasteiger partial charge on any atom is -0.377 e. The lowest BCUT2D eigenvalue weighted by molar-refractivity contribution is -0.131. The first-order valence-corrected chi connectivity index (χ1v) is 4.69. The van der Waals surface area contributed by atoms with Crippen LogP contribution >= 0.6 is 0 Å². The molecule has 3 nitrogen and oxygen atoms in total. The maximum absolute atomic E-state index is 11.6. The van der Waals surface area contributed by atoms with Crippen LogP contribution in [-0.4, -0.2) is 19.5 Å². The Hall–Kier alpha value is -0.880. The number of Topliss-reactive ketones (excluding diaryl/α,β-unsaturated/α-hetero) is 1. The lowest BCUT2D eigenvalue weighted by atomic mass is 9.72. The highest BCUT2D eigenvalue weighted by Gasteiger charge is 2.38. The van der Waals surface area contributed by atoms with Gasteiger partial charge >= 0.3 is 0 Å². The molecule has 1 aliphatic carbocycles. The highest BCUT2D eigenvalue weighted by molar-refractivity contribution is 5.88. The first kappa shape index (κ1) is 10.2. The molecule has 0 amide bonds. The largest absolute Gasteiger partial charge is 0.377 e. The lowest BCUT2D eigenvalue weighted by Gasteiger charge is -2.28. The van der Waals surface area contributed by atoms with Crippen LogP contribution in [0.4, 0.5) is 0 Å². The zero-order valence-corrected chi connectivity index (χ0v) is 8.01. The number of ether oxygens (including phenoxy) is 1. The highest BCUT2D eigenvalue weighted by Crippen LogP contribution is 2.36. The van der Waals surface area contributed by atoms with Crippen LogP contribution in [0.25, 0.3) is 0 Å². The van der Waals surface area contributed by atoms with Gasteiger partial charge in [0.2, 0.25) is 0 Å². The molecule has 0 aromatic carbocycles. The van der Waals surface area contributed by atoms with E-state index in [1.165, 1.54) is 7.11 Å². The van der Waals surface area contributed by atoms with E-state index in [1.54, 1.807) is 0 Å². The van der Waals surface area contributed by atoms with Gasteiger partial charge in [-0.25, -0.2) is 0 Å². The van der Waals surface area contributed by atoms with Gasteiger partial charge < -0.3 is 4.74 Å². The summed E-state index contributed by atoms with van der Waals surface area (Å²) in [7, 11) is 1.49. The number of hydrogen-bond acceptors (Lipinski definition) is 3. The van der Waals surface area contributed by atoms with E-state index in [0.717, 1.165) is 19.3 Å². The third-order valence-electron chi connectivity index (χ3n) is 2.73. The number of carbonyl (C=O) groups is 1. The summed E-state index contributed by atoms with van der Waals surface area (Å²) in [5, 5.41) is 9.01. The molecular weight excluding hydrogens is 166 g/mol. The number of methoxy groups -OCH3 is 1. The lowest BCUT2D eigenvalue weighted by Crippen LogP contribution is -2.34. The van der Waals surface area contributed by atoms with Crippen LogP contribution in [-0.2, 0) is 9.53 Å². The maximum Gasteiger partial charge on any atom is 0.178 e. The van der Waals surface area contributed by atoms with E-state index < -0.39 is 5.41 Å². The van der Waals surface area contributed by atoms with Crippen molar-refractivity contribution in [3.8, 4) is 6.07 Å². The molecule has 0 saturated heterocycles. The van der Waals surface area contributed by atoms with Crippen LogP contribution in [0.1, 0.15) is 32.1 Å². The normalized spacial score (nSPS) is 20.6. The third-order valence-corrected chi connectivity index (χ3v) is 2.73. The van der Waals surface area contributed by atoms with Gasteiger partial charge in [-0.3, -0.25) is 4.79 Å². The Labute approximate surface area is 78.7 Å². The van der Waals surface area contributed by atoms with Crippen LogP contribution in [0.3, 0.4) is 0 Å². The number of rotatable bonds is 3. The van der Waals surface area contributed by atoms with Gasteiger partial charge in [0, 0.05) is 7.11 Å². The van der Waals surface area contributed by atoms with Gasteiger partial charge in [-0.2, -0.15) is 5.26 Å². The molecule has 0 aromatic heterocycles. The van der Waals surface area contributed by atoms with Crippen molar-refractivity contribution < 1.29 is 9.53 Å². The molecule has 72 valence electrons. The molecule has 0 unspecified atom stereocenters. The van der Waals surface area contributed by atoms with Gasteiger partial charge in [-0.15, -0.1) is 0 Å². The van der Waals surface area contributed by atoms with Gasteiger partial charge in [-0.1, -0.05) is 19.3 Å². The molecule has 1 aliphatic rings. The van der Waals surface area contributed by atoms with E-state index in [2.05, 4.69) is 6.07 Å². The van der Waals surface area contributed by atoms with E-state index >= 15 is 0 Å². The van der Waals surface area contributed by atoms with Crippen molar-refractivity contribution in [1.29, 1.82) is 5.26 Å². The van der Waals surface area contributed by atoms with E-state index in [9.17, 15) is 4.79 Å². The topological polar surface area (TPSA) is 50.1 Å². The molecule has 0 heterocycles. The summed E-state index contributed by atoms with van der Waals surface area (Å²) in [6.07, 6.45) is 4.55. The predicted octanol–water partition coefficient (Wildman–Crippen LogP) is 1.68. The minimum atomic E-state index is -0.728. The molecule has 0 aromatic rings. The number of ketones is 1. The second kappa shape index (κ2) is 4.38. The summed E-state index contributed by atoms with van der Waals surface area (Å²) < 4.78 is 4.78. The van der Waals surface area contributed by atoms with E-state index in [1.807, 2.05) is 0 Å². The van der Waals surface area contributed by atoms with Crippen molar-refractivity contribution >= 4 is 5.78 Å². The molecule has 1 rings (SSSR count). The molecule has 0 spiro atoms. The summed E-state index contributed by atoms with van der Waals surface area (Å²) in [5.41, 5.74) is -0.728. The Kier molecular flexibility index (Phi) is 3.44. The number of nitrogens with zero attached hydrogens (tertiary/aromatic N) is 1. The summed E-state index contributed by atoms with van der Waals surface area (Å²) in [6, 6.07) is 2.17. The average Bonchev–Trinajstić information content (AvgIpc) is 2.19. The van der Waals surface area contributed by atoms with Crippen molar-refractivity contribution in [3.63, 3.8) is 0 Å². The predicted molar refractivity (Wildman–Crippen MR) is 48.0 cm³/mol. The van der Waals surface area contributed by atoms with E-state index in [0.29, 0.717) is 12.8 Å². The Morgan fingerprint density at radius 2 is 2.08 bits per heavy atom. The fourth-order valence-electron chi connectivity index (χ4n) is 1.88. The molecular formula is C10H15NO2. The summed E-state index contributed by atoms with van der Waals surface area (Å²) in [6.45, 7) is 0.0769. The molecule has 0 aliphatic heterocycles. The highest BCUT2D eigenvalue weighted by atomic mass is 16.5. The minimum absolute atomic E-state index is 0.0443. The van der Waals surface area contributed by atoms with Gasteiger partial charge in [0.25, 0.3) is 0 Å². The SMILES string of the molecule is COCC(=O)C1(C#N)CCCCC1. The second-order valence-electron chi connectivity index (χ2n) is 3.61. The zero-order valence-electron chi connectivity index (χ0n) is 8.01. The molecule has 13 heavy (non-hydrogen) atoms. The molecule has 0 bridgehead atoms. The quantitative estimate of drug-likeness (QED) is 0.665. The van der Waals surface area contributed by atoms with Crippen LogP contribution in [0, 0.1) is 16.7 Å². The average molecular weight is 181 g/mol. The maximum atomic E-state index is 11.6. The van der Waals surface area contributed by atoms with Crippen LogP contribution < -0.4 is 0 Å². The molecule has 0 atom stereocenters. The van der Waals surface area contributed by atoms with Gasteiger partial charge in [-0.05, 0) is 12.8 Å². The Balaban J connectivity index is 2.68. The summed E-state index contributed by atoms with van der Waals surface area (Å²) in [5.74, 6) is -0.0443. The first-order valence-electron chi connectivity index (χ1n) is 4.69. The number of carbonyl (C=O) groups excluding carboxylic acids is 1. The summed E-state index contributed by atoms with van der Waals surface area (Å²) in [4.78, 5) is 11.6. The van der Waals surface area contributed by atoms with Gasteiger partial charge in [0.1, 0.15) is 12.0 Å². The fourth-order valence-corrected chi connectivity index (χ4v) is 1.88. The first-order chi connectivity index (χ1) is 6.25. The number of hydrogen-bond donors (Lipinski definition) is 0. The molecule has 3 heteroatoms. The molecule has 0 radical (unpaired) electrons. The third kappa shape index (κ3) is 2.07. The zero-order chi connectivity index (χ0) is 9.73. The standard InChI is InChI=1S/C10H15NO2/c1-13-7-9(12)10(8-11)5-3-2-4-6-10/h2-7H2,1H3. The molecule has 0 N–H and O–H groups in total. The van der Waals surface area contributed by atoms with Crippen molar-refractivity contribution in [2.24, 2.45) is 5.41 Å². The Morgan fingerprint density at radius 3 is 2.54 bits per heavy atom. The van der Waals surface area contributed by atoms with Crippen LogP contribution in [0.5, 0.6) is 0 Å². The Bertz CT molecular complexity index is 224. The summed E-state index contributed by atoms with van der Waals surface area (Å²) >= 11 is 0. The van der Waals surface area contributed by atoms with E-state index in [-0.39, 0.29) is 12.4 Å². The van der Waals surface area contributed by atoms with Crippen molar-refractivity contribution in [3.05, 3.63) is 0 Å². The van der Waals surface area contributed by atoms with Crippen molar-refractivity contribution in [2.45, 2.75) is 32.1 Å². The smallest absolute Gasteiger partial charge is 0.178 e. The monoisotopic (exact) mass is 181 g/mol. The second-order valence-corrected chi connectivity index (χ2v) is 3.61. The van der Waals surface area contributed by atoms with Crippen molar-refractivity contribution in [1.82, 2.24) is 0 Å². The van der Waals surface area contributed by atoms with Gasteiger partial charge in [0.05, 0.1) is 6.07 Å². The van der Waals surface area contributed by atoms with Gasteiger partial charge in [0.15, 0.2) is 5.78 Å². The Morgan fingerprint density at radius 1 is 1.46 bits per heavy atom. The van der Waals surface area contributed by atoms with Crippen LogP contribution in [0.15, 0.2) is 0 Å².